The van der Waals surface area contributed by atoms with Crippen molar-refractivity contribution in [1.29, 1.82) is 0 Å². The number of carboxylic acid groups (broad SMARTS) is 1. The average molecular weight is 684 g/mol. The van der Waals surface area contributed by atoms with Crippen molar-refractivity contribution in [3.05, 3.63) is 36.0 Å². The molecule has 0 bridgehead atoms. The predicted octanol–water partition coefficient (Wildman–Crippen LogP) is 0.632. The lowest BCUT2D eigenvalue weighted by Crippen LogP contribution is -2.59. The first-order valence-corrected chi connectivity index (χ1v) is 17.0. The second-order valence-electron chi connectivity index (χ2n) is 13.5. The van der Waals surface area contributed by atoms with Gasteiger partial charge in [0.05, 0.1) is 6.04 Å². The molecule has 1 aromatic heterocycles. The van der Waals surface area contributed by atoms with Gasteiger partial charge >= 0.3 is 5.97 Å². The molecule has 5 atom stereocenters. The number of para-hydroxylation sites is 1. The van der Waals surface area contributed by atoms with Gasteiger partial charge in [-0.25, -0.2) is 4.79 Å². The number of benzene rings is 1. The Morgan fingerprint density at radius 2 is 1.47 bits per heavy atom. The number of H-pyrrole nitrogens is 1. The molecule has 49 heavy (non-hydrogen) atoms. The second-order valence-corrected chi connectivity index (χ2v) is 13.5. The van der Waals surface area contributed by atoms with E-state index >= 15 is 0 Å². The van der Waals surface area contributed by atoms with Gasteiger partial charge < -0.3 is 48.1 Å². The summed E-state index contributed by atoms with van der Waals surface area (Å²) in [7, 11) is 0. The van der Waals surface area contributed by atoms with Gasteiger partial charge in [-0.3, -0.25) is 24.2 Å². The molecular weight excluding hydrogens is 630 g/mol. The van der Waals surface area contributed by atoms with Crippen LogP contribution in [0.4, 0.5) is 0 Å². The molecule has 3 rings (SSSR count). The summed E-state index contributed by atoms with van der Waals surface area (Å²) in [5, 5.41) is 25.0. The maximum absolute atomic E-state index is 13.8. The molecule has 15 heteroatoms. The van der Waals surface area contributed by atoms with Crippen LogP contribution in [0.3, 0.4) is 0 Å². The molecule has 2 aromatic rings. The molecule has 0 spiro atoms. The topological polar surface area (TPSA) is 246 Å². The van der Waals surface area contributed by atoms with Crippen LogP contribution in [-0.2, 0) is 30.4 Å². The minimum absolute atomic E-state index is 0.00508. The summed E-state index contributed by atoms with van der Waals surface area (Å²) in [6, 6.07) is 2.72. The van der Waals surface area contributed by atoms with Gasteiger partial charge in [0.2, 0.25) is 23.6 Å². The highest BCUT2D eigenvalue weighted by molar-refractivity contribution is 5.95. The lowest BCUT2D eigenvalue weighted by molar-refractivity contribution is -0.142. The quantitative estimate of drug-likeness (QED) is 0.0572. The van der Waals surface area contributed by atoms with Gasteiger partial charge in [-0.1, -0.05) is 45.9 Å². The van der Waals surface area contributed by atoms with E-state index in [0.29, 0.717) is 24.8 Å². The first-order valence-electron chi connectivity index (χ1n) is 17.0. The number of carbonyl (C=O) groups is 5. The summed E-state index contributed by atoms with van der Waals surface area (Å²) in [6.07, 6.45) is 4.27. The molecule has 270 valence electrons. The number of nitrogens with one attached hydrogen (secondary N) is 6. The average Bonchev–Trinajstić information content (AvgIpc) is 3.72. The van der Waals surface area contributed by atoms with Gasteiger partial charge in [0.25, 0.3) is 0 Å². The molecule has 15 nitrogen and oxygen atoms in total. The van der Waals surface area contributed by atoms with E-state index in [2.05, 4.69) is 36.6 Å². The van der Waals surface area contributed by atoms with Crippen LogP contribution in [0.15, 0.2) is 35.5 Å². The monoisotopic (exact) mass is 683 g/mol. The normalized spacial score (nSPS) is 16.8. The number of hydrogen-bond acceptors (Lipinski definition) is 7. The van der Waals surface area contributed by atoms with Crippen LogP contribution in [0, 0.1) is 11.8 Å². The fraction of sp³-hybridized carbons (Fsp3) is 0.588. The Morgan fingerprint density at radius 3 is 2.06 bits per heavy atom. The number of amides is 4. The van der Waals surface area contributed by atoms with Gasteiger partial charge in [0, 0.05) is 30.1 Å². The summed E-state index contributed by atoms with van der Waals surface area (Å²) in [6.45, 7) is 8.57. The fourth-order valence-corrected chi connectivity index (χ4v) is 5.90. The molecule has 1 aliphatic heterocycles. The van der Waals surface area contributed by atoms with Crippen molar-refractivity contribution < 1.29 is 29.1 Å². The maximum atomic E-state index is 13.8. The number of aromatic amines is 1. The number of rotatable bonds is 19. The molecule has 0 unspecified atom stereocenters. The van der Waals surface area contributed by atoms with Crippen LogP contribution in [0.25, 0.3) is 10.9 Å². The number of carboxylic acids is 1. The van der Waals surface area contributed by atoms with E-state index in [1.807, 2.05) is 52.0 Å². The highest BCUT2D eigenvalue weighted by atomic mass is 16.4. The standard InChI is InChI=1S/C34H53N9O6/c1-19(2)15-26(42-32(47)27(16-20(3)4)41-29(44)24-11-7-13-37-24)31(46)40-25(12-8-14-38-34(35)36)30(45)43-28(33(48)49)17-21-18-39-23-10-6-5-9-22(21)23/h5-6,9-10,18-20,24-28,37,39H,7-8,11-17H2,1-4H3,(H,40,46)(H,41,44)(H,42,47)(H,43,45)(H,48,49)(H4,35,36,38)/t24-,25-,26-,27-,28-/m0/s1. The number of guanidine groups is 1. The van der Waals surface area contributed by atoms with Crippen LogP contribution >= 0.6 is 0 Å². The molecule has 0 saturated carbocycles. The highest BCUT2D eigenvalue weighted by Crippen LogP contribution is 2.19. The number of nitrogens with two attached hydrogens (primary N) is 2. The summed E-state index contributed by atoms with van der Waals surface area (Å²) < 4.78 is 0. The largest absolute Gasteiger partial charge is 0.480 e. The number of aliphatic carboxylic acids is 1. The van der Waals surface area contributed by atoms with Gasteiger partial charge in [-0.15, -0.1) is 0 Å². The number of fused-ring (bicyclic) bond motifs is 1. The zero-order chi connectivity index (χ0) is 36.1. The highest BCUT2D eigenvalue weighted by Gasteiger charge is 2.33. The van der Waals surface area contributed by atoms with Crippen LogP contribution < -0.4 is 38.1 Å². The van der Waals surface area contributed by atoms with E-state index in [1.54, 1.807) is 6.20 Å². The first-order chi connectivity index (χ1) is 23.2. The molecule has 1 aromatic carbocycles. The number of hydrogen-bond donors (Lipinski definition) is 9. The zero-order valence-corrected chi connectivity index (χ0v) is 28.9. The Hall–Kier alpha value is -4.66. The van der Waals surface area contributed by atoms with Gasteiger partial charge in [0.15, 0.2) is 5.96 Å². The van der Waals surface area contributed by atoms with E-state index in [0.717, 1.165) is 23.9 Å². The Balaban J connectivity index is 1.78. The second kappa shape index (κ2) is 18.8. The van der Waals surface area contributed by atoms with Gasteiger partial charge in [-0.05, 0) is 68.5 Å². The van der Waals surface area contributed by atoms with Crippen molar-refractivity contribution in [3.8, 4) is 0 Å². The summed E-state index contributed by atoms with van der Waals surface area (Å²) in [5.74, 6) is -3.37. The minimum atomic E-state index is -1.29. The van der Waals surface area contributed by atoms with Crippen molar-refractivity contribution in [2.45, 2.75) is 103 Å². The van der Waals surface area contributed by atoms with Crippen molar-refractivity contribution in [2.75, 3.05) is 13.1 Å². The van der Waals surface area contributed by atoms with Crippen molar-refractivity contribution in [2.24, 2.45) is 28.3 Å². The molecule has 0 radical (unpaired) electrons. The summed E-state index contributed by atoms with van der Waals surface area (Å²) in [5.41, 5.74) is 12.4. The minimum Gasteiger partial charge on any atom is -0.480 e. The number of carbonyl (C=O) groups excluding carboxylic acids is 4. The van der Waals surface area contributed by atoms with Gasteiger partial charge in [0.1, 0.15) is 24.2 Å². The van der Waals surface area contributed by atoms with Crippen LogP contribution in [0.5, 0.6) is 0 Å². The van der Waals surface area contributed by atoms with E-state index in [9.17, 15) is 29.1 Å². The SMILES string of the molecule is CC(C)C[C@H](NC(=O)[C@@H]1CCCN1)C(=O)N[C@@H](CC(C)C)C(=O)N[C@@H](CCCN=C(N)N)C(=O)N[C@@H](Cc1c[nH]c2ccccc12)C(=O)O. The van der Waals surface area contributed by atoms with E-state index in [-0.39, 0.29) is 55.6 Å². The van der Waals surface area contributed by atoms with Crippen LogP contribution in [0.2, 0.25) is 0 Å². The fourth-order valence-electron chi connectivity index (χ4n) is 5.90. The molecular formula is C34H53N9O6. The van der Waals surface area contributed by atoms with Crippen LogP contribution in [0.1, 0.15) is 71.8 Å². The van der Waals surface area contributed by atoms with E-state index in [4.69, 9.17) is 11.5 Å². The third-order valence-corrected chi connectivity index (χ3v) is 8.35. The third kappa shape index (κ3) is 12.4. The Morgan fingerprint density at radius 1 is 0.878 bits per heavy atom. The smallest absolute Gasteiger partial charge is 0.326 e. The van der Waals surface area contributed by atoms with Crippen molar-refractivity contribution in [3.63, 3.8) is 0 Å². The lowest BCUT2D eigenvalue weighted by atomic mass is 9.99. The Labute approximate surface area is 287 Å². The van der Waals surface area contributed by atoms with E-state index in [1.165, 1.54) is 0 Å². The summed E-state index contributed by atoms with van der Waals surface area (Å²) in [4.78, 5) is 73.2. The van der Waals surface area contributed by atoms with E-state index < -0.39 is 47.9 Å². The van der Waals surface area contributed by atoms with Crippen molar-refractivity contribution >= 4 is 46.5 Å². The van der Waals surface area contributed by atoms with Gasteiger partial charge in [-0.2, -0.15) is 0 Å². The molecule has 2 heterocycles. The molecule has 1 aliphatic rings. The Kier molecular flexibility index (Phi) is 14.9. The number of aliphatic imine (C=N–C) groups is 1. The first kappa shape index (κ1) is 38.8. The number of aromatic nitrogens is 1. The molecule has 1 saturated heterocycles. The van der Waals surface area contributed by atoms with Crippen LogP contribution in [-0.4, -0.2) is 88.9 Å². The zero-order valence-electron chi connectivity index (χ0n) is 28.9. The maximum Gasteiger partial charge on any atom is 0.326 e. The van der Waals surface area contributed by atoms with Crippen molar-refractivity contribution in [1.82, 2.24) is 31.6 Å². The number of nitrogens with zero attached hydrogens (tertiary/aromatic N) is 1. The molecule has 4 amide bonds. The summed E-state index contributed by atoms with van der Waals surface area (Å²) >= 11 is 0. The third-order valence-electron chi connectivity index (χ3n) is 8.35. The molecule has 1 fully saturated rings. The lowest BCUT2D eigenvalue weighted by Gasteiger charge is -2.27. The molecule has 0 aliphatic carbocycles. The predicted molar refractivity (Wildman–Crippen MR) is 187 cm³/mol. The molecule has 11 N–H and O–H groups in total. The Bertz CT molecular complexity index is 1460.